The maximum Gasteiger partial charge on any atom is 0.244 e. The zero-order chi connectivity index (χ0) is 24.8. The van der Waals surface area contributed by atoms with Crippen molar-refractivity contribution in [3.05, 3.63) is 64.2 Å². The summed E-state index contributed by atoms with van der Waals surface area (Å²) < 4.78 is 26.4. The van der Waals surface area contributed by atoms with E-state index in [1.54, 1.807) is 19.1 Å². The quantitative estimate of drug-likeness (QED) is 0.547. The van der Waals surface area contributed by atoms with E-state index in [-0.39, 0.29) is 12.5 Å². The van der Waals surface area contributed by atoms with Gasteiger partial charge < -0.3 is 10.2 Å². The Morgan fingerprint density at radius 1 is 1.09 bits per heavy atom. The van der Waals surface area contributed by atoms with Gasteiger partial charge in [0.15, 0.2) is 0 Å². The monoisotopic (exact) mass is 493 g/mol. The van der Waals surface area contributed by atoms with Crippen LogP contribution in [0.5, 0.6) is 0 Å². The van der Waals surface area contributed by atoms with Crippen molar-refractivity contribution in [3.63, 3.8) is 0 Å². The fourth-order valence-electron chi connectivity index (χ4n) is 3.66. The lowest BCUT2D eigenvalue weighted by molar-refractivity contribution is -0.140. The van der Waals surface area contributed by atoms with Crippen molar-refractivity contribution >= 4 is 39.1 Å². The van der Waals surface area contributed by atoms with Gasteiger partial charge in [-0.25, -0.2) is 8.42 Å². The predicted molar refractivity (Wildman–Crippen MR) is 133 cm³/mol. The molecule has 1 atom stereocenters. The summed E-state index contributed by atoms with van der Waals surface area (Å²) in [6.07, 6.45) is 1.44. The van der Waals surface area contributed by atoms with E-state index in [1.165, 1.54) is 11.0 Å². The number of anilines is 1. The van der Waals surface area contributed by atoms with Crippen LogP contribution >= 0.6 is 11.6 Å². The van der Waals surface area contributed by atoms with Gasteiger partial charge >= 0.3 is 0 Å². The van der Waals surface area contributed by atoms with Crippen molar-refractivity contribution in [2.24, 2.45) is 0 Å². The number of sulfonamides is 1. The molecular formula is C24H32ClN3O4S. The van der Waals surface area contributed by atoms with Gasteiger partial charge in [-0.05, 0) is 50.5 Å². The number of rotatable bonds is 10. The number of likely N-dealkylation sites (N-methyl/N-ethyl adjacent to an activating group) is 1. The molecule has 9 heteroatoms. The third-order valence-corrected chi connectivity index (χ3v) is 6.65. The van der Waals surface area contributed by atoms with E-state index >= 15 is 0 Å². The van der Waals surface area contributed by atoms with E-state index in [9.17, 15) is 18.0 Å². The molecule has 0 aliphatic rings. The molecule has 0 aliphatic carbocycles. The SMILES string of the molecule is CCNC(=O)[C@H](CC)N(Cc1cccc(C)c1)C(=O)CN(c1cc(Cl)ccc1C)S(C)(=O)=O. The van der Waals surface area contributed by atoms with Crippen LogP contribution in [0.3, 0.4) is 0 Å². The number of nitrogens with zero attached hydrogens (tertiary/aromatic N) is 2. The zero-order valence-corrected chi connectivity index (χ0v) is 21.3. The standard InChI is InChI=1S/C24H32ClN3O4S/c1-6-21(24(30)26-7-2)27(15-19-10-8-9-17(3)13-19)23(29)16-28(33(5,31)32)22-14-20(25)12-11-18(22)4/h8-14,21H,6-7,15-16H2,1-5H3,(H,26,30)/t21-/m0/s1. The normalized spacial score (nSPS) is 12.2. The molecule has 0 aromatic heterocycles. The van der Waals surface area contributed by atoms with Crippen LogP contribution < -0.4 is 9.62 Å². The third-order valence-electron chi connectivity index (χ3n) is 5.29. The Hall–Kier alpha value is -2.58. The zero-order valence-electron chi connectivity index (χ0n) is 19.8. The maximum atomic E-state index is 13.6. The van der Waals surface area contributed by atoms with Crippen LogP contribution in [0.25, 0.3) is 0 Å². The van der Waals surface area contributed by atoms with E-state index in [0.717, 1.165) is 21.7 Å². The molecule has 0 unspecified atom stereocenters. The number of carbonyl (C=O) groups excluding carboxylic acids is 2. The molecule has 0 spiro atoms. The summed E-state index contributed by atoms with van der Waals surface area (Å²) in [7, 11) is -3.80. The van der Waals surface area contributed by atoms with Gasteiger partial charge in [-0.1, -0.05) is 54.4 Å². The van der Waals surface area contributed by atoms with E-state index in [4.69, 9.17) is 11.6 Å². The summed E-state index contributed by atoms with van der Waals surface area (Å²) in [6.45, 7) is 7.51. The third kappa shape index (κ3) is 7.20. The first kappa shape index (κ1) is 26.7. The lowest BCUT2D eigenvalue weighted by atomic mass is 10.1. The molecule has 0 saturated heterocycles. The van der Waals surface area contributed by atoms with Gasteiger partial charge in [0.25, 0.3) is 0 Å². The Kier molecular flexibility index (Phi) is 9.31. The smallest absolute Gasteiger partial charge is 0.244 e. The van der Waals surface area contributed by atoms with Crippen molar-refractivity contribution in [2.45, 2.75) is 46.7 Å². The largest absolute Gasteiger partial charge is 0.355 e. The van der Waals surface area contributed by atoms with E-state index in [0.29, 0.717) is 29.2 Å². The van der Waals surface area contributed by atoms with Gasteiger partial charge in [0.1, 0.15) is 12.6 Å². The second-order valence-electron chi connectivity index (χ2n) is 8.03. The molecule has 0 aliphatic heterocycles. The first-order valence-electron chi connectivity index (χ1n) is 10.8. The fourth-order valence-corrected chi connectivity index (χ4v) is 4.73. The molecule has 1 N–H and O–H groups in total. The molecule has 2 rings (SSSR count). The molecule has 2 aromatic carbocycles. The summed E-state index contributed by atoms with van der Waals surface area (Å²) in [4.78, 5) is 27.8. The van der Waals surface area contributed by atoms with Gasteiger partial charge in [0.05, 0.1) is 11.9 Å². The van der Waals surface area contributed by atoms with Crippen LogP contribution in [-0.4, -0.2) is 50.5 Å². The number of halogens is 1. The predicted octanol–water partition coefficient (Wildman–Crippen LogP) is 3.67. The number of aryl methyl sites for hydroxylation is 2. The van der Waals surface area contributed by atoms with Crippen molar-refractivity contribution in [3.8, 4) is 0 Å². The highest BCUT2D eigenvalue weighted by atomic mass is 35.5. The van der Waals surface area contributed by atoms with Crippen LogP contribution in [0, 0.1) is 13.8 Å². The average molecular weight is 494 g/mol. The Bertz CT molecular complexity index is 1100. The number of hydrogen-bond acceptors (Lipinski definition) is 4. The van der Waals surface area contributed by atoms with Gasteiger partial charge in [-0.3, -0.25) is 13.9 Å². The molecule has 2 aromatic rings. The lowest BCUT2D eigenvalue weighted by Crippen LogP contribution is -2.52. The Labute approximate surface area is 201 Å². The van der Waals surface area contributed by atoms with Gasteiger partial charge in [-0.15, -0.1) is 0 Å². The molecular weight excluding hydrogens is 462 g/mol. The number of nitrogens with one attached hydrogen (secondary N) is 1. The van der Waals surface area contributed by atoms with Crippen molar-refractivity contribution in [1.82, 2.24) is 10.2 Å². The molecule has 0 saturated carbocycles. The highest BCUT2D eigenvalue weighted by Crippen LogP contribution is 2.27. The van der Waals surface area contributed by atoms with Crippen molar-refractivity contribution in [2.75, 3.05) is 23.7 Å². The number of amides is 2. The van der Waals surface area contributed by atoms with E-state index in [2.05, 4.69) is 5.32 Å². The van der Waals surface area contributed by atoms with E-state index in [1.807, 2.05) is 45.0 Å². The topological polar surface area (TPSA) is 86.8 Å². The Balaban J connectivity index is 2.48. The maximum absolute atomic E-state index is 13.6. The molecule has 33 heavy (non-hydrogen) atoms. The molecule has 2 amide bonds. The van der Waals surface area contributed by atoms with Gasteiger partial charge in [0.2, 0.25) is 21.8 Å². The van der Waals surface area contributed by atoms with E-state index < -0.39 is 28.5 Å². The summed E-state index contributed by atoms with van der Waals surface area (Å²) in [5.41, 5.74) is 2.88. The number of carbonyl (C=O) groups is 2. The van der Waals surface area contributed by atoms with Crippen LogP contribution in [0.2, 0.25) is 5.02 Å². The average Bonchev–Trinajstić information content (AvgIpc) is 2.73. The van der Waals surface area contributed by atoms with Crippen LogP contribution in [0.1, 0.15) is 37.0 Å². The minimum Gasteiger partial charge on any atom is -0.355 e. The van der Waals surface area contributed by atoms with Crippen molar-refractivity contribution in [1.29, 1.82) is 0 Å². The fraction of sp³-hybridized carbons (Fsp3) is 0.417. The minimum absolute atomic E-state index is 0.183. The highest BCUT2D eigenvalue weighted by Gasteiger charge is 2.32. The first-order chi connectivity index (χ1) is 15.5. The summed E-state index contributed by atoms with van der Waals surface area (Å²) in [5, 5.41) is 3.14. The molecule has 0 fully saturated rings. The minimum atomic E-state index is -3.80. The summed E-state index contributed by atoms with van der Waals surface area (Å²) in [5.74, 6) is -0.745. The second-order valence-corrected chi connectivity index (χ2v) is 10.4. The van der Waals surface area contributed by atoms with Crippen LogP contribution in [-0.2, 0) is 26.2 Å². The Morgan fingerprint density at radius 3 is 2.36 bits per heavy atom. The molecule has 0 heterocycles. The van der Waals surface area contributed by atoms with Gasteiger partial charge in [0, 0.05) is 18.1 Å². The highest BCUT2D eigenvalue weighted by molar-refractivity contribution is 7.92. The molecule has 7 nitrogen and oxygen atoms in total. The number of hydrogen-bond donors (Lipinski definition) is 1. The van der Waals surface area contributed by atoms with Crippen LogP contribution in [0.4, 0.5) is 5.69 Å². The first-order valence-corrected chi connectivity index (χ1v) is 13.1. The molecule has 0 bridgehead atoms. The second kappa shape index (κ2) is 11.5. The Morgan fingerprint density at radius 2 is 1.79 bits per heavy atom. The van der Waals surface area contributed by atoms with Crippen molar-refractivity contribution < 1.29 is 18.0 Å². The van der Waals surface area contributed by atoms with Gasteiger partial charge in [-0.2, -0.15) is 0 Å². The number of benzene rings is 2. The summed E-state index contributed by atoms with van der Waals surface area (Å²) >= 11 is 6.11. The van der Waals surface area contributed by atoms with Crippen LogP contribution in [0.15, 0.2) is 42.5 Å². The molecule has 0 radical (unpaired) electrons. The molecule has 180 valence electrons. The lowest BCUT2D eigenvalue weighted by Gasteiger charge is -2.33. The summed E-state index contributed by atoms with van der Waals surface area (Å²) in [6, 6.07) is 11.8.